The first-order valence-electron chi connectivity index (χ1n) is 6.62. The van der Waals surface area contributed by atoms with Gasteiger partial charge in [0.25, 0.3) is 0 Å². The van der Waals surface area contributed by atoms with Crippen LogP contribution < -0.4 is 4.74 Å². The molecule has 1 atom stereocenters. The van der Waals surface area contributed by atoms with Crippen LogP contribution in [0.25, 0.3) is 0 Å². The zero-order chi connectivity index (χ0) is 13.0. The third-order valence-electron chi connectivity index (χ3n) is 4.11. The van der Waals surface area contributed by atoms with Gasteiger partial charge in [-0.15, -0.1) is 0 Å². The molecular formula is C16H22O2. The van der Waals surface area contributed by atoms with Crippen molar-refractivity contribution in [1.82, 2.24) is 0 Å². The molecule has 2 nitrogen and oxygen atoms in total. The fraction of sp³-hybridized carbons (Fsp3) is 0.500. The third-order valence-corrected chi connectivity index (χ3v) is 4.11. The molecule has 18 heavy (non-hydrogen) atoms. The maximum Gasteiger partial charge on any atom is 0.119 e. The van der Waals surface area contributed by atoms with Crippen molar-refractivity contribution in [3.63, 3.8) is 0 Å². The van der Waals surface area contributed by atoms with Crippen LogP contribution in [-0.4, -0.2) is 18.8 Å². The highest BCUT2D eigenvalue weighted by Gasteiger charge is 2.34. The van der Waals surface area contributed by atoms with E-state index in [-0.39, 0.29) is 12.0 Å². The number of benzene rings is 1. The molecule has 2 heteroatoms. The molecule has 2 rings (SSSR count). The van der Waals surface area contributed by atoms with Crippen molar-refractivity contribution in [2.75, 3.05) is 13.7 Å². The van der Waals surface area contributed by atoms with Crippen LogP contribution in [0.2, 0.25) is 0 Å². The monoisotopic (exact) mass is 246 g/mol. The van der Waals surface area contributed by atoms with Crippen molar-refractivity contribution >= 4 is 0 Å². The van der Waals surface area contributed by atoms with Crippen LogP contribution in [0.5, 0.6) is 5.75 Å². The van der Waals surface area contributed by atoms with Gasteiger partial charge in [0.1, 0.15) is 5.75 Å². The average Bonchev–Trinajstić information content (AvgIpc) is 2.42. The second-order valence-corrected chi connectivity index (χ2v) is 5.28. The first-order valence-corrected chi connectivity index (χ1v) is 6.62. The van der Waals surface area contributed by atoms with Gasteiger partial charge in [-0.1, -0.05) is 30.7 Å². The molecule has 0 aliphatic heterocycles. The summed E-state index contributed by atoms with van der Waals surface area (Å²) in [5.74, 6) is 0.877. The number of aliphatic hydroxyl groups is 1. The van der Waals surface area contributed by atoms with E-state index in [0.717, 1.165) is 25.0 Å². The van der Waals surface area contributed by atoms with Gasteiger partial charge >= 0.3 is 0 Å². The second-order valence-electron chi connectivity index (χ2n) is 5.28. The Bertz CT molecular complexity index is 425. The van der Waals surface area contributed by atoms with E-state index in [1.165, 1.54) is 24.0 Å². The Hall–Kier alpha value is -1.28. The van der Waals surface area contributed by atoms with E-state index < -0.39 is 0 Å². The smallest absolute Gasteiger partial charge is 0.119 e. The molecule has 0 amide bonds. The SMILES string of the molecule is C=C1CCCCC1(CO)Cc1cccc(OC)c1. The average molecular weight is 246 g/mol. The van der Waals surface area contributed by atoms with Gasteiger partial charge < -0.3 is 9.84 Å². The van der Waals surface area contributed by atoms with Crippen molar-refractivity contribution in [2.45, 2.75) is 32.1 Å². The summed E-state index contributed by atoms with van der Waals surface area (Å²) >= 11 is 0. The third kappa shape index (κ3) is 2.59. The molecule has 0 aromatic heterocycles. The van der Waals surface area contributed by atoms with Crippen LogP contribution >= 0.6 is 0 Å². The number of ether oxygens (including phenoxy) is 1. The van der Waals surface area contributed by atoms with Gasteiger partial charge in [-0.25, -0.2) is 0 Å². The lowest BCUT2D eigenvalue weighted by Crippen LogP contribution is -2.32. The Labute approximate surface area is 109 Å². The van der Waals surface area contributed by atoms with E-state index in [0.29, 0.717) is 0 Å². The van der Waals surface area contributed by atoms with Crippen molar-refractivity contribution in [2.24, 2.45) is 5.41 Å². The van der Waals surface area contributed by atoms with Crippen LogP contribution in [0.3, 0.4) is 0 Å². The van der Waals surface area contributed by atoms with E-state index in [2.05, 4.69) is 18.7 Å². The minimum Gasteiger partial charge on any atom is -0.497 e. The highest BCUT2D eigenvalue weighted by molar-refractivity contribution is 5.31. The first kappa shape index (κ1) is 13.2. The fourth-order valence-corrected chi connectivity index (χ4v) is 2.88. The second kappa shape index (κ2) is 5.57. The zero-order valence-electron chi connectivity index (χ0n) is 11.1. The highest BCUT2D eigenvalue weighted by atomic mass is 16.5. The molecule has 1 saturated carbocycles. The first-order chi connectivity index (χ1) is 8.70. The van der Waals surface area contributed by atoms with Crippen LogP contribution in [-0.2, 0) is 6.42 Å². The maximum atomic E-state index is 9.81. The summed E-state index contributed by atoms with van der Waals surface area (Å²) in [7, 11) is 1.68. The van der Waals surface area contributed by atoms with Gasteiger partial charge in [-0.05, 0) is 43.4 Å². The Balaban J connectivity index is 2.21. The summed E-state index contributed by atoms with van der Waals surface area (Å²) in [6.45, 7) is 4.38. The molecule has 1 aromatic rings. The largest absolute Gasteiger partial charge is 0.497 e. The highest BCUT2D eigenvalue weighted by Crippen LogP contribution is 2.42. The number of hydrogen-bond acceptors (Lipinski definition) is 2. The Morgan fingerprint density at radius 3 is 2.89 bits per heavy atom. The van der Waals surface area contributed by atoms with Gasteiger partial charge in [-0.2, -0.15) is 0 Å². The van der Waals surface area contributed by atoms with Crippen molar-refractivity contribution < 1.29 is 9.84 Å². The lowest BCUT2D eigenvalue weighted by molar-refractivity contribution is 0.130. The number of rotatable bonds is 4. The summed E-state index contributed by atoms with van der Waals surface area (Å²) in [5, 5.41) is 9.81. The lowest BCUT2D eigenvalue weighted by Gasteiger charge is -2.38. The molecule has 0 bridgehead atoms. The Morgan fingerprint density at radius 2 is 2.22 bits per heavy atom. The van der Waals surface area contributed by atoms with E-state index in [4.69, 9.17) is 4.74 Å². The summed E-state index contributed by atoms with van der Waals surface area (Å²) < 4.78 is 5.25. The summed E-state index contributed by atoms with van der Waals surface area (Å²) in [5.41, 5.74) is 2.30. The Morgan fingerprint density at radius 1 is 1.39 bits per heavy atom. The summed E-state index contributed by atoms with van der Waals surface area (Å²) in [6.07, 6.45) is 5.34. The topological polar surface area (TPSA) is 29.5 Å². The quantitative estimate of drug-likeness (QED) is 0.826. The molecule has 1 aromatic carbocycles. The molecule has 1 aliphatic carbocycles. The molecule has 0 spiro atoms. The van der Waals surface area contributed by atoms with Crippen LogP contribution in [0.4, 0.5) is 0 Å². The van der Waals surface area contributed by atoms with Gasteiger partial charge in [0, 0.05) is 5.41 Å². The standard InChI is InChI=1S/C16H22O2/c1-13-6-3-4-9-16(13,12-17)11-14-7-5-8-15(10-14)18-2/h5,7-8,10,17H,1,3-4,6,9,11-12H2,2H3. The van der Waals surface area contributed by atoms with Gasteiger partial charge in [0.15, 0.2) is 0 Å². The lowest BCUT2D eigenvalue weighted by atomic mass is 9.68. The van der Waals surface area contributed by atoms with Gasteiger partial charge in [0.2, 0.25) is 0 Å². The number of methoxy groups -OCH3 is 1. The molecule has 1 fully saturated rings. The minimum absolute atomic E-state index is 0.120. The molecule has 1 unspecified atom stereocenters. The van der Waals surface area contributed by atoms with E-state index in [1.807, 2.05) is 12.1 Å². The predicted molar refractivity (Wildman–Crippen MR) is 73.8 cm³/mol. The van der Waals surface area contributed by atoms with Crippen LogP contribution in [0.15, 0.2) is 36.4 Å². The molecule has 0 saturated heterocycles. The van der Waals surface area contributed by atoms with Crippen molar-refractivity contribution in [1.29, 1.82) is 0 Å². The number of aliphatic hydroxyl groups excluding tert-OH is 1. The molecule has 98 valence electrons. The normalized spacial score (nSPS) is 24.0. The molecule has 0 heterocycles. The summed E-state index contributed by atoms with van der Waals surface area (Å²) in [6, 6.07) is 8.11. The van der Waals surface area contributed by atoms with Crippen molar-refractivity contribution in [3.05, 3.63) is 42.0 Å². The zero-order valence-corrected chi connectivity index (χ0v) is 11.1. The molecule has 1 aliphatic rings. The molecule has 1 N–H and O–H groups in total. The van der Waals surface area contributed by atoms with Crippen molar-refractivity contribution in [3.8, 4) is 5.75 Å². The molecular weight excluding hydrogens is 224 g/mol. The van der Waals surface area contributed by atoms with Gasteiger partial charge in [-0.3, -0.25) is 0 Å². The van der Waals surface area contributed by atoms with Crippen LogP contribution in [0.1, 0.15) is 31.2 Å². The predicted octanol–water partition coefficient (Wildman–Crippen LogP) is 3.35. The van der Waals surface area contributed by atoms with E-state index in [9.17, 15) is 5.11 Å². The van der Waals surface area contributed by atoms with E-state index >= 15 is 0 Å². The van der Waals surface area contributed by atoms with E-state index in [1.54, 1.807) is 7.11 Å². The summed E-state index contributed by atoms with van der Waals surface area (Å²) in [4.78, 5) is 0. The maximum absolute atomic E-state index is 9.81. The van der Waals surface area contributed by atoms with Crippen LogP contribution in [0, 0.1) is 5.41 Å². The fourth-order valence-electron chi connectivity index (χ4n) is 2.88. The Kier molecular flexibility index (Phi) is 4.07. The number of hydrogen-bond donors (Lipinski definition) is 1. The van der Waals surface area contributed by atoms with Gasteiger partial charge in [0.05, 0.1) is 13.7 Å². The molecule has 0 radical (unpaired) electrons. The minimum atomic E-state index is -0.120.